The zero-order valence-electron chi connectivity index (χ0n) is 10.6. The molecule has 6 heteroatoms. The van der Waals surface area contributed by atoms with Crippen LogP contribution < -0.4 is 5.32 Å². The van der Waals surface area contributed by atoms with E-state index in [1.165, 1.54) is 0 Å². The minimum absolute atomic E-state index is 0.268. The Morgan fingerprint density at radius 3 is 2.50 bits per heavy atom. The summed E-state index contributed by atoms with van der Waals surface area (Å²) >= 11 is 17.7. The molecule has 0 aliphatic rings. The van der Waals surface area contributed by atoms with E-state index in [1.54, 1.807) is 6.07 Å². The highest BCUT2D eigenvalue weighted by Crippen LogP contribution is 2.28. The van der Waals surface area contributed by atoms with Crippen LogP contribution in [0.3, 0.4) is 0 Å². The molecule has 0 radical (unpaired) electrons. The van der Waals surface area contributed by atoms with Gasteiger partial charge in [-0.25, -0.2) is 4.98 Å². The minimum Gasteiger partial charge on any atom is -0.367 e. The topological polar surface area (TPSA) is 28.2 Å². The highest BCUT2D eigenvalue weighted by atomic mass is 35.5. The smallest absolute Gasteiger partial charge is 0.150 e. The van der Waals surface area contributed by atoms with Gasteiger partial charge in [-0.2, -0.15) is 0 Å². The molecule has 102 valence electrons. The third-order valence-corrected chi connectivity index (χ3v) is 3.56. The zero-order chi connectivity index (χ0) is 13.5. The number of halogens is 3. The second-order valence-electron chi connectivity index (χ2n) is 3.95. The highest BCUT2D eigenvalue weighted by Gasteiger charge is 2.08. The molecule has 1 N–H and O–H groups in total. The molecule has 0 aliphatic heterocycles. The first-order chi connectivity index (χ1) is 8.58. The fourth-order valence-corrected chi connectivity index (χ4v) is 2.21. The molecular formula is C12H18Cl3N3. The number of nitrogens with zero attached hydrogens (tertiary/aromatic N) is 2. The fourth-order valence-electron chi connectivity index (χ4n) is 1.64. The number of rotatable bonds is 7. The van der Waals surface area contributed by atoms with E-state index < -0.39 is 0 Å². The summed E-state index contributed by atoms with van der Waals surface area (Å²) in [6, 6.07) is 1.60. The van der Waals surface area contributed by atoms with Crippen LogP contribution in [-0.2, 0) is 0 Å². The van der Waals surface area contributed by atoms with Crippen LogP contribution in [-0.4, -0.2) is 36.1 Å². The van der Waals surface area contributed by atoms with Gasteiger partial charge in [0.05, 0.1) is 10.0 Å². The molecule has 0 fully saturated rings. The first kappa shape index (κ1) is 15.8. The first-order valence-electron chi connectivity index (χ1n) is 6.06. The first-order valence-corrected chi connectivity index (χ1v) is 7.19. The second-order valence-corrected chi connectivity index (χ2v) is 5.12. The van der Waals surface area contributed by atoms with Gasteiger partial charge < -0.3 is 10.2 Å². The normalized spacial score (nSPS) is 11.0. The zero-order valence-corrected chi connectivity index (χ0v) is 12.9. The number of nitrogens with one attached hydrogen (secondary N) is 1. The average Bonchev–Trinajstić information content (AvgIpc) is 2.34. The Morgan fingerprint density at radius 1 is 1.17 bits per heavy atom. The summed E-state index contributed by atoms with van der Waals surface area (Å²) in [6.07, 6.45) is 1.15. The van der Waals surface area contributed by atoms with Crippen molar-refractivity contribution in [3.8, 4) is 0 Å². The third kappa shape index (κ3) is 4.81. The van der Waals surface area contributed by atoms with Crippen molar-refractivity contribution in [3.63, 3.8) is 0 Å². The van der Waals surface area contributed by atoms with Crippen molar-refractivity contribution in [2.75, 3.05) is 31.5 Å². The molecule has 0 aliphatic carbocycles. The molecule has 1 aromatic rings. The van der Waals surface area contributed by atoms with Gasteiger partial charge in [-0.05, 0) is 25.6 Å². The molecule has 0 amide bonds. The van der Waals surface area contributed by atoms with Gasteiger partial charge in [0.25, 0.3) is 0 Å². The van der Waals surface area contributed by atoms with Gasteiger partial charge in [0.2, 0.25) is 0 Å². The largest absolute Gasteiger partial charge is 0.367 e. The molecular weight excluding hydrogens is 293 g/mol. The SMILES string of the molecule is CCCN(CC)CCNc1nc(Cl)c(Cl)cc1Cl. The summed E-state index contributed by atoms with van der Waals surface area (Å²) in [6.45, 7) is 8.19. The van der Waals surface area contributed by atoms with Crippen LogP contribution in [0.25, 0.3) is 0 Å². The van der Waals surface area contributed by atoms with Crippen molar-refractivity contribution < 1.29 is 0 Å². The van der Waals surface area contributed by atoms with Gasteiger partial charge in [-0.15, -0.1) is 0 Å². The standard InChI is InChI=1S/C12H18Cl3N3/c1-3-6-18(4-2)7-5-16-12-10(14)8-9(13)11(15)17-12/h8H,3-7H2,1-2H3,(H,16,17). The lowest BCUT2D eigenvalue weighted by Gasteiger charge is -2.19. The molecule has 0 aromatic carbocycles. The predicted molar refractivity (Wildman–Crippen MR) is 80.2 cm³/mol. The van der Waals surface area contributed by atoms with E-state index in [-0.39, 0.29) is 5.15 Å². The van der Waals surface area contributed by atoms with Gasteiger partial charge in [0.1, 0.15) is 11.0 Å². The van der Waals surface area contributed by atoms with Gasteiger partial charge in [-0.3, -0.25) is 0 Å². The monoisotopic (exact) mass is 309 g/mol. The Morgan fingerprint density at radius 2 is 1.89 bits per heavy atom. The molecule has 1 heterocycles. The van der Waals surface area contributed by atoms with E-state index in [4.69, 9.17) is 34.8 Å². The van der Waals surface area contributed by atoms with Crippen LogP contribution in [0.4, 0.5) is 5.82 Å². The van der Waals surface area contributed by atoms with E-state index in [0.717, 1.165) is 32.6 Å². The van der Waals surface area contributed by atoms with Crippen molar-refractivity contribution in [2.24, 2.45) is 0 Å². The summed E-state index contributed by atoms with van der Waals surface area (Å²) in [5, 5.41) is 4.30. The molecule has 0 bridgehead atoms. The number of hydrogen-bond acceptors (Lipinski definition) is 3. The van der Waals surface area contributed by atoms with Crippen molar-refractivity contribution in [1.82, 2.24) is 9.88 Å². The van der Waals surface area contributed by atoms with Crippen LogP contribution in [0.2, 0.25) is 15.2 Å². The number of hydrogen-bond donors (Lipinski definition) is 1. The Hall–Kier alpha value is -0.220. The summed E-state index contributed by atoms with van der Waals surface area (Å²) in [4.78, 5) is 6.47. The quantitative estimate of drug-likeness (QED) is 0.766. The summed E-state index contributed by atoms with van der Waals surface area (Å²) in [5.41, 5.74) is 0. The van der Waals surface area contributed by atoms with E-state index in [0.29, 0.717) is 15.9 Å². The Bertz CT molecular complexity index is 385. The van der Waals surface area contributed by atoms with Crippen LogP contribution in [0.1, 0.15) is 20.3 Å². The van der Waals surface area contributed by atoms with E-state index in [2.05, 4.69) is 29.0 Å². The summed E-state index contributed by atoms with van der Waals surface area (Å²) < 4.78 is 0. The molecule has 1 aromatic heterocycles. The van der Waals surface area contributed by atoms with Crippen LogP contribution >= 0.6 is 34.8 Å². The van der Waals surface area contributed by atoms with E-state index in [1.807, 2.05) is 0 Å². The Labute approximate surface area is 123 Å². The van der Waals surface area contributed by atoms with Crippen molar-refractivity contribution in [2.45, 2.75) is 20.3 Å². The van der Waals surface area contributed by atoms with Crippen molar-refractivity contribution in [1.29, 1.82) is 0 Å². The lowest BCUT2D eigenvalue weighted by atomic mass is 10.4. The van der Waals surface area contributed by atoms with Crippen molar-refractivity contribution in [3.05, 3.63) is 21.3 Å². The van der Waals surface area contributed by atoms with Gasteiger partial charge >= 0.3 is 0 Å². The Balaban J connectivity index is 2.51. The van der Waals surface area contributed by atoms with E-state index >= 15 is 0 Å². The molecule has 0 saturated heterocycles. The van der Waals surface area contributed by atoms with Gasteiger partial charge in [-0.1, -0.05) is 48.7 Å². The third-order valence-electron chi connectivity index (χ3n) is 2.59. The average molecular weight is 311 g/mol. The molecule has 3 nitrogen and oxygen atoms in total. The maximum absolute atomic E-state index is 6.03. The van der Waals surface area contributed by atoms with Crippen LogP contribution in [0.5, 0.6) is 0 Å². The Kier molecular flexibility index (Phi) is 7.08. The molecule has 0 spiro atoms. The molecule has 1 rings (SSSR count). The maximum atomic E-state index is 6.03. The predicted octanol–water partition coefficient (Wildman–Crippen LogP) is 4.19. The van der Waals surface area contributed by atoms with E-state index in [9.17, 15) is 0 Å². The summed E-state index contributed by atoms with van der Waals surface area (Å²) in [7, 11) is 0. The lowest BCUT2D eigenvalue weighted by molar-refractivity contribution is 0.300. The second kappa shape index (κ2) is 8.05. The number of aromatic nitrogens is 1. The van der Waals surface area contributed by atoms with Crippen LogP contribution in [0.15, 0.2) is 6.07 Å². The van der Waals surface area contributed by atoms with Gasteiger partial charge in [0.15, 0.2) is 0 Å². The minimum atomic E-state index is 0.268. The number of pyridine rings is 1. The fraction of sp³-hybridized carbons (Fsp3) is 0.583. The molecule has 0 saturated carbocycles. The highest BCUT2D eigenvalue weighted by molar-refractivity contribution is 6.42. The maximum Gasteiger partial charge on any atom is 0.150 e. The molecule has 0 unspecified atom stereocenters. The lowest BCUT2D eigenvalue weighted by Crippen LogP contribution is -2.29. The summed E-state index contributed by atoms with van der Waals surface area (Å²) in [5.74, 6) is 0.582. The number of likely N-dealkylation sites (N-methyl/N-ethyl adjacent to an activating group) is 1. The molecule has 0 atom stereocenters. The van der Waals surface area contributed by atoms with Crippen molar-refractivity contribution >= 4 is 40.6 Å². The molecule has 18 heavy (non-hydrogen) atoms. The van der Waals surface area contributed by atoms with Gasteiger partial charge in [0, 0.05) is 13.1 Å². The number of anilines is 1. The van der Waals surface area contributed by atoms with Crippen LogP contribution in [0, 0.1) is 0 Å².